The normalized spacial score (nSPS) is 21.1. The third-order valence-electron chi connectivity index (χ3n) is 4.92. The van der Waals surface area contributed by atoms with Gasteiger partial charge >= 0.3 is 0 Å². The Morgan fingerprint density at radius 1 is 1.32 bits per heavy atom. The van der Waals surface area contributed by atoms with E-state index in [1.807, 2.05) is 37.3 Å². The van der Waals surface area contributed by atoms with Gasteiger partial charge in [-0.05, 0) is 43.7 Å². The van der Waals surface area contributed by atoms with E-state index >= 15 is 0 Å². The van der Waals surface area contributed by atoms with Crippen molar-refractivity contribution in [2.24, 2.45) is 10.7 Å². The first-order valence-electron chi connectivity index (χ1n) is 8.96. The van der Waals surface area contributed by atoms with Crippen molar-refractivity contribution in [3.05, 3.63) is 65.0 Å². The average Bonchev–Trinajstić information content (AvgIpc) is 2.68. The molecule has 5 nitrogen and oxygen atoms in total. The van der Waals surface area contributed by atoms with Gasteiger partial charge in [0.15, 0.2) is 5.17 Å². The molecule has 1 unspecified atom stereocenters. The molecule has 0 fully saturated rings. The summed E-state index contributed by atoms with van der Waals surface area (Å²) in [7, 11) is 0. The molecule has 0 aliphatic carbocycles. The molecular formula is C21H20FN3O2S. The van der Waals surface area contributed by atoms with Crippen molar-refractivity contribution >= 4 is 34.6 Å². The molecule has 1 amide bonds. The van der Waals surface area contributed by atoms with Gasteiger partial charge in [0.05, 0.1) is 11.1 Å². The zero-order valence-corrected chi connectivity index (χ0v) is 16.2. The van der Waals surface area contributed by atoms with Gasteiger partial charge in [0, 0.05) is 22.6 Å². The number of carbonyl (C=O) groups is 1. The monoisotopic (exact) mass is 397 g/mol. The molecule has 1 atom stereocenters. The van der Waals surface area contributed by atoms with Crippen LogP contribution in [0.3, 0.4) is 0 Å². The molecule has 7 heteroatoms. The van der Waals surface area contributed by atoms with Gasteiger partial charge in [0.2, 0.25) is 0 Å². The van der Waals surface area contributed by atoms with Gasteiger partial charge in [-0.3, -0.25) is 9.79 Å². The summed E-state index contributed by atoms with van der Waals surface area (Å²) in [6.07, 6.45) is 2.48. The summed E-state index contributed by atoms with van der Waals surface area (Å²) < 4.78 is 20.2. The van der Waals surface area contributed by atoms with Gasteiger partial charge in [0.1, 0.15) is 18.2 Å². The molecule has 0 aromatic heterocycles. The molecule has 4 rings (SSSR count). The van der Waals surface area contributed by atoms with E-state index in [1.165, 1.54) is 17.8 Å². The van der Waals surface area contributed by atoms with Crippen LogP contribution in [0.2, 0.25) is 0 Å². The maximum absolute atomic E-state index is 14.5. The number of fused-ring (bicyclic) bond motifs is 1. The number of para-hydroxylation sites is 1. The third kappa shape index (κ3) is 3.62. The second-order valence-electron chi connectivity index (χ2n) is 6.97. The number of hydrogen-bond acceptors (Lipinski definition) is 5. The zero-order chi connectivity index (χ0) is 19.7. The number of benzene rings is 2. The largest absolute Gasteiger partial charge is 0.488 e. The van der Waals surface area contributed by atoms with E-state index in [0.29, 0.717) is 28.4 Å². The molecule has 0 saturated heterocycles. The number of carbonyl (C=O) groups excluding carboxylic acids is 1. The fourth-order valence-electron chi connectivity index (χ4n) is 3.35. The van der Waals surface area contributed by atoms with Crippen LogP contribution in [0.25, 0.3) is 6.08 Å². The number of amidine groups is 1. The molecule has 2 aromatic carbocycles. The predicted octanol–water partition coefficient (Wildman–Crippen LogP) is 3.91. The number of amides is 1. The van der Waals surface area contributed by atoms with Gasteiger partial charge in [-0.25, -0.2) is 4.39 Å². The summed E-state index contributed by atoms with van der Waals surface area (Å²) in [6.45, 7) is 2.05. The maximum Gasteiger partial charge on any atom is 0.255 e. The first kappa shape index (κ1) is 18.6. The van der Waals surface area contributed by atoms with Gasteiger partial charge in [-0.15, -0.1) is 0 Å². The van der Waals surface area contributed by atoms with Crippen molar-refractivity contribution in [1.82, 2.24) is 0 Å². The summed E-state index contributed by atoms with van der Waals surface area (Å²) >= 11 is 1.46. The Balaban J connectivity index is 1.59. The molecule has 3 N–H and O–H groups in total. The van der Waals surface area contributed by atoms with Crippen molar-refractivity contribution in [3.63, 3.8) is 0 Å². The minimum atomic E-state index is -0.744. The van der Waals surface area contributed by atoms with Crippen molar-refractivity contribution in [1.29, 1.82) is 0 Å². The quantitative estimate of drug-likeness (QED) is 0.823. The molecule has 0 radical (unpaired) electrons. The Morgan fingerprint density at radius 3 is 2.96 bits per heavy atom. The van der Waals surface area contributed by atoms with Crippen LogP contribution in [0.5, 0.6) is 5.75 Å². The highest BCUT2D eigenvalue weighted by Gasteiger charge is 2.32. The lowest BCUT2D eigenvalue weighted by molar-refractivity contribution is -0.113. The lowest BCUT2D eigenvalue weighted by Crippen LogP contribution is -2.30. The van der Waals surface area contributed by atoms with Crippen molar-refractivity contribution in [2.75, 3.05) is 17.7 Å². The molecule has 2 aromatic rings. The Hall–Kier alpha value is -2.80. The van der Waals surface area contributed by atoms with Crippen LogP contribution in [0, 0.1) is 5.82 Å². The highest BCUT2D eigenvalue weighted by atomic mass is 32.2. The molecule has 144 valence electrons. The number of halogens is 1. The Morgan fingerprint density at radius 2 is 2.14 bits per heavy atom. The lowest BCUT2D eigenvalue weighted by Gasteiger charge is -2.30. The molecular weight excluding hydrogens is 377 g/mol. The minimum absolute atomic E-state index is 0.187. The SMILES string of the molecule is CC1(c2cc(NC(=O)C3=Cc4ccccc4OC3)ccc2F)CCSC(N)=N1. The van der Waals surface area contributed by atoms with Gasteiger partial charge in [-0.1, -0.05) is 30.0 Å². The van der Waals surface area contributed by atoms with Gasteiger partial charge in [-0.2, -0.15) is 0 Å². The van der Waals surface area contributed by atoms with E-state index in [0.717, 1.165) is 17.1 Å². The van der Waals surface area contributed by atoms with Crippen LogP contribution in [0.15, 0.2) is 53.0 Å². The molecule has 2 aliphatic heterocycles. The van der Waals surface area contributed by atoms with Gasteiger partial charge in [0.25, 0.3) is 5.91 Å². The minimum Gasteiger partial charge on any atom is -0.488 e. The molecule has 0 saturated carbocycles. The van der Waals surface area contributed by atoms with Crippen LogP contribution in [-0.2, 0) is 10.3 Å². The van der Waals surface area contributed by atoms with E-state index < -0.39 is 5.54 Å². The number of thioether (sulfide) groups is 1. The second kappa shape index (κ2) is 7.31. The van der Waals surface area contributed by atoms with Crippen molar-refractivity contribution in [2.45, 2.75) is 18.9 Å². The van der Waals surface area contributed by atoms with Crippen LogP contribution >= 0.6 is 11.8 Å². The van der Waals surface area contributed by atoms with Crippen molar-refractivity contribution < 1.29 is 13.9 Å². The summed E-state index contributed by atoms with van der Waals surface area (Å²) in [4.78, 5) is 17.1. The highest BCUT2D eigenvalue weighted by molar-refractivity contribution is 8.13. The van der Waals surface area contributed by atoms with E-state index in [1.54, 1.807) is 12.1 Å². The summed E-state index contributed by atoms with van der Waals surface area (Å²) in [5.74, 6) is 0.880. The molecule has 28 heavy (non-hydrogen) atoms. The maximum atomic E-state index is 14.5. The molecule has 2 heterocycles. The average molecular weight is 397 g/mol. The van der Waals surface area contributed by atoms with Crippen LogP contribution in [0.1, 0.15) is 24.5 Å². The first-order chi connectivity index (χ1) is 13.4. The number of aliphatic imine (C=N–C) groups is 1. The van der Waals surface area contributed by atoms with Crippen LogP contribution in [-0.4, -0.2) is 23.4 Å². The fraction of sp³-hybridized carbons (Fsp3) is 0.238. The summed E-state index contributed by atoms with van der Waals surface area (Å²) in [6, 6.07) is 12.1. The summed E-state index contributed by atoms with van der Waals surface area (Å²) in [5.41, 5.74) is 7.41. The number of rotatable bonds is 3. The third-order valence-corrected chi connectivity index (χ3v) is 5.72. The fourth-order valence-corrected chi connectivity index (χ4v) is 4.33. The highest BCUT2D eigenvalue weighted by Crippen LogP contribution is 2.37. The number of nitrogens with zero attached hydrogens (tertiary/aromatic N) is 1. The number of hydrogen-bond donors (Lipinski definition) is 2. The lowest BCUT2D eigenvalue weighted by atomic mass is 9.89. The second-order valence-corrected chi connectivity index (χ2v) is 8.08. The number of anilines is 1. The molecule has 2 aliphatic rings. The van der Waals surface area contributed by atoms with Gasteiger partial charge < -0.3 is 15.8 Å². The van der Waals surface area contributed by atoms with Crippen molar-refractivity contribution in [3.8, 4) is 5.75 Å². The standard InChI is InChI=1S/C21H20FN3O2S/c1-21(8-9-28-20(23)25-21)16-11-15(6-7-17(16)22)24-19(26)14-10-13-4-2-3-5-18(13)27-12-14/h2-7,10-11H,8-9,12H2,1H3,(H2,23,25)(H,24,26). The van der Waals surface area contributed by atoms with E-state index in [9.17, 15) is 9.18 Å². The van der Waals surface area contributed by atoms with E-state index in [4.69, 9.17) is 10.5 Å². The van der Waals surface area contributed by atoms with Crippen LogP contribution < -0.4 is 15.8 Å². The topological polar surface area (TPSA) is 76.7 Å². The summed E-state index contributed by atoms with van der Waals surface area (Å²) in [5, 5.41) is 3.29. The molecule has 0 spiro atoms. The van der Waals surface area contributed by atoms with E-state index in [-0.39, 0.29) is 18.3 Å². The number of nitrogens with two attached hydrogens (primary N) is 1. The smallest absolute Gasteiger partial charge is 0.255 e. The van der Waals surface area contributed by atoms with Crippen LogP contribution in [0.4, 0.5) is 10.1 Å². The molecule has 0 bridgehead atoms. The Bertz CT molecular complexity index is 1000. The number of nitrogens with one attached hydrogen (secondary N) is 1. The Kier molecular flexibility index (Phi) is 4.85. The Labute approximate surface area is 166 Å². The first-order valence-corrected chi connectivity index (χ1v) is 9.95. The van der Waals surface area contributed by atoms with E-state index in [2.05, 4.69) is 10.3 Å². The number of ether oxygens (including phenoxy) is 1. The predicted molar refractivity (Wildman–Crippen MR) is 111 cm³/mol. The zero-order valence-electron chi connectivity index (χ0n) is 15.4.